The summed E-state index contributed by atoms with van der Waals surface area (Å²) in [5.74, 6) is 0.530. The second kappa shape index (κ2) is 4.59. The number of nitrogens with zero attached hydrogens (tertiary/aromatic N) is 3. The van der Waals surface area contributed by atoms with Gasteiger partial charge in [0.15, 0.2) is 10.4 Å². The number of aromatic nitrogens is 4. The Morgan fingerprint density at radius 1 is 1.20 bits per heavy atom. The Balaban J connectivity index is 2.23. The predicted molar refractivity (Wildman–Crippen MR) is 84.1 cm³/mol. The van der Waals surface area contributed by atoms with Gasteiger partial charge in [-0.15, -0.1) is 0 Å². The van der Waals surface area contributed by atoms with Crippen molar-refractivity contribution in [3.05, 3.63) is 40.3 Å². The van der Waals surface area contributed by atoms with Crippen molar-refractivity contribution in [1.82, 2.24) is 19.3 Å². The number of imidazole rings is 1. The molecular weight excluding hydrogens is 268 g/mol. The minimum Gasteiger partial charge on any atom is -0.327 e. The van der Waals surface area contributed by atoms with E-state index in [1.165, 1.54) is 5.56 Å². The van der Waals surface area contributed by atoms with Crippen molar-refractivity contribution in [2.45, 2.75) is 26.7 Å². The number of hydrogen-bond acceptors (Lipinski definition) is 2. The fraction of sp³-hybridized carbons (Fsp3) is 0.333. The van der Waals surface area contributed by atoms with Gasteiger partial charge in [-0.3, -0.25) is 4.57 Å². The molecule has 0 aliphatic carbocycles. The molecule has 1 N–H and O–H groups in total. The van der Waals surface area contributed by atoms with E-state index in [1.54, 1.807) is 0 Å². The van der Waals surface area contributed by atoms with Crippen LogP contribution in [0.4, 0.5) is 0 Å². The van der Waals surface area contributed by atoms with Gasteiger partial charge in [-0.25, -0.2) is 4.68 Å². The number of fused-ring (bicyclic) bond motifs is 1. The summed E-state index contributed by atoms with van der Waals surface area (Å²) in [6, 6.07) is 8.54. The van der Waals surface area contributed by atoms with Gasteiger partial charge in [0.1, 0.15) is 5.52 Å². The zero-order valence-corrected chi connectivity index (χ0v) is 13.0. The fourth-order valence-electron chi connectivity index (χ4n) is 2.56. The summed E-state index contributed by atoms with van der Waals surface area (Å²) in [4.78, 5) is 3.25. The molecule has 5 heteroatoms. The molecule has 0 saturated heterocycles. The average molecular weight is 286 g/mol. The Hall–Kier alpha value is -1.88. The number of hydrogen-bond donors (Lipinski definition) is 1. The van der Waals surface area contributed by atoms with E-state index < -0.39 is 0 Å². The Kier molecular flexibility index (Phi) is 3.01. The maximum absolute atomic E-state index is 5.46. The van der Waals surface area contributed by atoms with E-state index in [2.05, 4.69) is 48.2 Å². The molecule has 0 unspecified atom stereocenters. The molecule has 3 rings (SSSR count). The molecule has 2 heterocycles. The number of aromatic amines is 1. The topological polar surface area (TPSA) is 38.5 Å². The molecule has 0 aliphatic heterocycles. The highest BCUT2D eigenvalue weighted by Gasteiger charge is 2.13. The van der Waals surface area contributed by atoms with Crippen LogP contribution in [0.15, 0.2) is 24.3 Å². The maximum Gasteiger partial charge on any atom is 0.184 e. The Labute approximate surface area is 123 Å². The van der Waals surface area contributed by atoms with Crippen LogP contribution in [0.1, 0.15) is 31.0 Å². The van der Waals surface area contributed by atoms with Crippen molar-refractivity contribution in [3.63, 3.8) is 0 Å². The van der Waals surface area contributed by atoms with E-state index in [1.807, 2.05) is 23.2 Å². The summed E-state index contributed by atoms with van der Waals surface area (Å²) in [5, 5.41) is 4.44. The van der Waals surface area contributed by atoms with Crippen LogP contribution in [0.3, 0.4) is 0 Å². The molecule has 0 fully saturated rings. The number of nitrogens with one attached hydrogen (secondary N) is 1. The minimum absolute atomic E-state index is 0.530. The number of rotatable bonds is 2. The first-order chi connectivity index (χ1) is 9.49. The molecule has 0 saturated carbocycles. The Bertz CT molecular complexity index is 818. The number of aryl methyl sites for hydroxylation is 2. The smallest absolute Gasteiger partial charge is 0.184 e. The highest BCUT2D eigenvalue weighted by Crippen LogP contribution is 2.23. The molecule has 0 atom stereocenters. The lowest BCUT2D eigenvalue weighted by Crippen LogP contribution is -2.01. The molecule has 3 aromatic rings. The fourth-order valence-corrected chi connectivity index (χ4v) is 2.85. The molecule has 1 aromatic carbocycles. The first-order valence-electron chi connectivity index (χ1n) is 6.73. The molecule has 0 radical (unpaired) electrons. The van der Waals surface area contributed by atoms with Crippen LogP contribution in [0.2, 0.25) is 0 Å². The zero-order chi connectivity index (χ0) is 14.4. The average Bonchev–Trinajstić information content (AvgIpc) is 2.88. The standard InChI is InChI=1S/C15H18N4S/c1-9(2)11-5-7-12(8-6-11)19-14-13(16-15(19)20)10(3)17-18(14)4/h5-9H,1-4H3,(H,16,20). The molecule has 0 spiro atoms. The third-order valence-corrected chi connectivity index (χ3v) is 3.94. The molecule has 2 aromatic heterocycles. The van der Waals surface area contributed by atoms with Gasteiger partial charge in [0.25, 0.3) is 0 Å². The minimum atomic E-state index is 0.530. The predicted octanol–water partition coefficient (Wildman–Crippen LogP) is 3.85. The van der Waals surface area contributed by atoms with Gasteiger partial charge in [-0.1, -0.05) is 26.0 Å². The van der Waals surface area contributed by atoms with E-state index in [-0.39, 0.29) is 0 Å². The van der Waals surface area contributed by atoms with E-state index in [0.717, 1.165) is 22.5 Å². The van der Waals surface area contributed by atoms with Gasteiger partial charge in [-0.05, 0) is 42.8 Å². The maximum atomic E-state index is 5.46. The van der Waals surface area contributed by atoms with E-state index in [9.17, 15) is 0 Å². The first-order valence-corrected chi connectivity index (χ1v) is 7.14. The van der Waals surface area contributed by atoms with Crippen LogP contribution in [0, 0.1) is 11.7 Å². The lowest BCUT2D eigenvalue weighted by Gasteiger charge is -2.08. The molecule has 0 bridgehead atoms. The summed E-state index contributed by atoms with van der Waals surface area (Å²) in [5.41, 5.74) is 5.36. The second-order valence-corrected chi connectivity index (χ2v) is 5.81. The van der Waals surface area contributed by atoms with Crippen LogP contribution in [0.5, 0.6) is 0 Å². The molecular formula is C15H18N4S. The molecule has 0 aliphatic rings. The molecule has 0 amide bonds. The van der Waals surface area contributed by atoms with E-state index in [0.29, 0.717) is 10.7 Å². The van der Waals surface area contributed by atoms with Crippen LogP contribution < -0.4 is 0 Å². The van der Waals surface area contributed by atoms with Crippen LogP contribution in [0.25, 0.3) is 16.9 Å². The van der Waals surface area contributed by atoms with Gasteiger partial charge in [-0.2, -0.15) is 5.10 Å². The Morgan fingerprint density at radius 3 is 2.45 bits per heavy atom. The Morgan fingerprint density at radius 2 is 1.85 bits per heavy atom. The highest BCUT2D eigenvalue weighted by molar-refractivity contribution is 7.71. The SMILES string of the molecule is Cc1nn(C)c2c1[nH]c(=S)n2-c1ccc(C(C)C)cc1. The molecule has 4 nitrogen and oxygen atoms in total. The van der Waals surface area contributed by atoms with Crippen molar-refractivity contribution in [2.24, 2.45) is 7.05 Å². The van der Waals surface area contributed by atoms with Crippen LogP contribution >= 0.6 is 12.2 Å². The molecule has 20 heavy (non-hydrogen) atoms. The summed E-state index contributed by atoms with van der Waals surface area (Å²) in [6.07, 6.45) is 0. The van der Waals surface area contributed by atoms with Crippen LogP contribution in [-0.4, -0.2) is 19.3 Å². The van der Waals surface area contributed by atoms with Gasteiger partial charge in [0.05, 0.1) is 5.69 Å². The van der Waals surface area contributed by atoms with Crippen LogP contribution in [-0.2, 0) is 7.05 Å². The van der Waals surface area contributed by atoms with Crippen molar-refractivity contribution in [2.75, 3.05) is 0 Å². The second-order valence-electron chi connectivity index (χ2n) is 5.42. The normalized spacial score (nSPS) is 11.7. The summed E-state index contributed by atoms with van der Waals surface area (Å²) < 4.78 is 4.61. The largest absolute Gasteiger partial charge is 0.327 e. The van der Waals surface area contributed by atoms with Gasteiger partial charge < -0.3 is 4.98 Å². The first kappa shape index (κ1) is 13.1. The van der Waals surface area contributed by atoms with E-state index >= 15 is 0 Å². The van der Waals surface area contributed by atoms with Crippen molar-refractivity contribution in [3.8, 4) is 5.69 Å². The summed E-state index contributed by atoms with van der Waals surface area (Å²) >= 11 is 5.46. The van der Waals surface area contributed by atoms with Crippen molar-refractivity contribution < 1.29 is 0 Å². The highest BCUT2D eigenvalue weighted by atomic mass is 32.1. The third kappa shape index (κ3) is 1.89. The van der Waals surface area contributed by atoms with Gasteiger partial charge >= 0.3 is 0 Å². The molecule has 104 valence electrons. The summed E-state index contributed by atoms with van der Waals surface area (Å²) in [6.45, 7) is 6.37. The van der Waals surface area contributed by atoms with Crippen molar-refractivity contribution >= 4 is 23.4 Å². The van der Waals surface area contributed by atoms with Gasteiger partial charge in [0, 0.05) is 12.7 Å². The van der Waals surface area contributed by atoms with Gasteiger partial charge in [0.2, 0.25) is 0 Å². The van der Waals surface area contributed by atoms with E-state index in [4.69, 9.17) is 12.2 Å². The monoisotopic (exact) mass is 286 g/mol. The van der Waals surface area contributed by atoms with Crippen molar-refractivity contribution in [1.29, 1.82) is 0 Å². The number of H-pyrrole nitrogens is 1. The lowest BCUT2D eigenvalue weighted by atomic mass is 10.0. The number of benzene rings is 1. The summed E-state index contributed by atoms with van der Waals surface area (Å²) in [7, 11) is 1.94. The lowest BCUT2D eigenvalue weighted by molar-refractivity contribution is 0.759. The third-order valence-electron chi connectivity index (χ3n) is 3.66. The zero-order valence-electron chi connectivity index (χ0n) is 12.1. The quantitative estimate of drug-likeness (QED) is 0.727.